The minimum atomic E-state index is -0.523. The van der Waals surface area contributed by atoms with Crippen LogP contribution in [0.4, 0.5) is 10.1 Å². The Balaban J connectivity index is 1.11. The van der Waals surface area contributed by atoms with Gasteiger partial charge in [-0.05, 0) is 85.4 Å². The van der Waals surface area contributed by atoms with Gasteiger partial charge in [-0.2, -0.15) is 4.39 Å². The summed E-state index contributed by atoms with van der Waals surface area (Å²) in [7, 11) is 0. The number of fused-ring (bicyclic) bond motifs is 1. The van der Waals surface area contributed by atoms with Crippen molar-refractivity contribution in [3.8, 4) is 11.1 Å². The molecule has 4 aromatic rings. The Morgan fingerprint density at radius 2 is 1.86 bits per heavy atom. The maximum Gasteiger partial charge on any atom is 0.287 e. The number of pyridine rings is 1. The van der Waals surface area contributed by atoms with Gasteiger partial charge in [0, 0.05) is 42.8 Å². The molecule has 190 valence electrons. The van der Waals surface area contributed by atoms with Gasteiger partial charge >= 0.3 is 0 Å². The minimum absolute atomic E-state index is 0.0658. The zero-order valence-corrected chi connectivity index (χ0v) is 20.7. The Labute approximate surface area is 214 Å². The fourth-order valence-electron chi connectivity index (χ4n) is 4.86. The molecule has 0 spiro atoms. The highest BCUT2D eigenvalue weighted by atomic mass is 19.1. The molecule has 2 N–H and O–H groups in total. The fraction of sp³-hybridized carbons (Fsp3) is 0.276. The standard InChI is InChI=1S/C29H29FN4O3/c1-19(35)33-25-4-2-3-21(16-25)20-9-12-34(13-10-20)14-11-31-29(36)27-17-24-15-22(5-7-26(24)37-27)23-6-8-28(30)32-18-23/h2-8,15-18,20H,9-14H2,1H3,(H,31,36)(H,33,35). The van der Waals surface area contributed by atoms with Gasteiger partial charge < -0.3 is 20.0 Å². The highest BCUT2D eigenvalue weighted by molar-refractivity contribution is 5.97. The molecule has 0 aliphatic carbocycles. The fourth-order valence-corrected chi connectivity index (χ4v) is 4.86. The molecule has 2 amide bonds. The van der Waals surface area contributed by atoms with E-state index in [4.69, 9.17) is 4.42 Å². The summed E-state index contributed by atoms with van der Waals surface area (Å²) >= 11 is 0. The van der Waals surface area contributed by atoms with Gasteiger partial charge in [-0.3, -0.25) is 9.59 Å². The monoisotopic (exact) mass is 500 g/mol. The summed E-state index contributed by atoms with van der Waals surface area (Å²) in [5.41, 5.74) is 4.37. The minimum Gasteiger partial charge on any atom is -0.451 e. The van der Waals surface area contributed by atoms with E-state index in [1.807, 2.05) is 24.3 Å². The maximum atomic E-state index is 13.1. The Bertz CT molecular complexity index is 1410. The molecule has 0 saturated carbocycles. The second-order valence-electron chi connectivity index (χ2n) is 9.41. The number of piperidine rings is 1. The van der Waals surface area contributed by atoms with Crippen molar-refractivity contribution < 1.29 is 18.4 Å². The van der Waals surface area contributed by atoms with E-state index < -0.39 is 5.95 Å². The van der Waals surface area contributed by atoms with Gasteiger partial charge in [0.1, 0.15) is 5.58 Å². The first-order valence-corrected chi connectivity index (χ1v) is 12.5. The summed E-state index contributed by atoms with van der Waals surface area (Å²) in [5.74, 6) is -0.104. The third-order valence-electron chi connectivity index (χ3n) is 6.78. The molecule has 2 aromatic carbocycles. The van der Waals surface area contributed by atoms with E-state index in [2.05, 4.69) is 32.7 Å². The largest absolute Gasteiger partial charge is 0.451 e. The number of anilines is 1. The molecule has 0 atom stereocenters. The number of carbonyl (C=O) groups excluding carboxylic acids is 2. The van der Waals surface area contributed by atoms with E-state index in [1.54, 1.807) is 18.2 Å². The van der Waals surface area contributed by atoms with E-state index in [9.17, 15) is 14.0 Å². The highest BCUT2D eigenvalue weighted by Crippen LogP contribution is 2.30. The average Bonchev–Trinajstić information content (AvgIpc) is 3.33. The van der Waals surface area contributed by atoms with E-state index in [0.29, 0.717) is 18.0 Å². The summed E-state index contributed by atoms with van der Waals surface area (Å²) in [6, 6.07) is 18.4. The molecular weight excluding hydrogens is 471 g/mol. The molecule has 1 fully saturated rings. The average molecular weight is 501 g/mol. The van der Waals surface area contributed by atoms with Crippen LogP contribution in [0.3, 0.4) is 0 Å². The van der Waals surface area contributed by atoms with Crippen LogP contribution in [-0.2, 0) is 4.79 Å². The van der Waals surface area contributed by atoms with Crippen LogP contribution in [0.25, 0.3) is 22.1 Å². The first-order chi connectivity index (χ1) is 17.9. The van der Waals surface area contributed by atoms with Gasteiger partial charge in [0.2, 0.25) is 11.9 Å². The lowest BCUT2D eigenvalue weighted by molar-refractivity contribution is -0.114. The lowest BCUT2D eigenvalue weighted by Gasteiger charge is -2.32. The zero-order valence-electron chi connectivity index (χ0n) is 20.7. The van der Waals surface area contributed by atoms with Crippen molar-refractivity contribution in [1.82, 2.24) is 15.2 Å². The second-order valence-corrected chi connectivity index (χ2v) is 9.41. The van der Waals surface area contributed by atoms with Crippen molar-refractivity contribution >= 4 is 28.5 Å². The van der Waals surface area contributed by atoms with Crippen LogP contribution < -0.4 is 10.6 Å². The van der Waals surface area contributed by atoms with Crippen molar-refractivity contribution in [3.05, 3.63) is 84.1 Å². The molecule has 1 aliphatic rings. The van der Waals surface area contributed by atoms with Crippen molar-refractivity contribution in [1.29, 1.82) is 0 Å². The molecule has 5 rings (SSSR count). The Morgan fingerprint density at radius 3 is 2.62 bits per heavy atom. The molecule has 1 saturated heterocycles. The molecule has 1 aliphatic heterocycles. The normalized spacial score (nSPS) is 14.5. The van der Waals surface area contributed by atoms with Crippen LogP contribution in [0.15, 0.2) is 71.3 Å². The number of carbonyl (C=O) groups is 2. The Kier molecular flexibility index (Phi) is 7.28. The Hall–Kier alpha value is -4.04. The van der Waals surface area contributed by atoms with Crippen LogP contribution in [0.1, 0.15) is 41.8 Å². The molecule has 0 unspecified atom stereocenters. The smallest absolute Gasteiger partial charge is 0.287 e. The number of amides is 2. The number of benzene rings is 2. The number of hydrogen-bond acceptors (Lipinski definition) is 5. The molecule has 37 heavy (non-hydrogen) atoms. The van der Waals surface area contributed by atoms with Crippen LogP contribution >= 0.6 is 0 Å². The van der Waals surface area contributed by atoms with Gasteiger partial charge in [0.05, 0.1) is 0 Å². The SMILES string of the molecule is CC(=O)Nc1cccc(C2CCN(CCNC(=O)c3cc4cc(-c5ccc(F)nc5)ccc4o3)CC2)c1. The lowest BCUT2D eigenvalue weighted by atomic mass is 9.89. The molecule has 8 heteroatoms. The number of halogens is 1. The summed E-state index contributed by atoms with van der Waals surface area (Å²) in [6.45, 7) is 4.73. The van der Waals surface area contributed by atoms with Crippen molar-refractivity contribution in [3.63, 3.8) is 0 Å². The number of aromatic nitrogens is 1. The van der Waals surface area contributed by atoms with Crippen LogP contribution in [0.2, 0.25) is 0 Å². The highest BCUT2D eigenvalue weighted by Gasteiger charge is 2.21. The molecular formula is C29H29FN4O3. The van der Waals surface area contributed by atoms with E-state index in [-0.39, 0.29) is 17.6 Å². The predicted octanol–water partition coefficient (Wildman–Crippen LogP) is 5.20. The lowest BCUT2D eigenvalue weighted by Crippen LogP contribution is -2.39. The van der Waals surface area contributed by atoms with E-state index in [1.165, 1.54) is 24.8 Å². The zero-order chi connectivity index (χ0) is 25.8. The van der Waals surface area contributed by atoms with Crippen molar-refractivity contribution in [2.24, 2.45) is 0 Å². The number of likely N-dealkylation sites (tertiary alicyclic amines) is 1. The predicted molar refractivity (Wildman–Crippen MR) is 141 cm³/mol. The van der Waals surface area contributed by atoms with Gasteiger partial charge in [-0.1, -0.05) is 18.2 Å². The quantitative estimate of drug-likeness (QED) is 0.341. The van der Waals surface area contributed by atoms with Crippen molar-refractivity contribution in [2.75, 3.05) is 31.5 Å². The number of nitrogens with one attached hydrogen (secondary N) is 2. The van der Waals surface area contributed by atoms with E-state index in [0.717, 1.165) is 54.7 Å². The van der Waals surface area contributed by atoms with Crippen LogP contribution in [0.5, 0.6) is 0 Å². The molecule has 0 bridgehead atoms. The summed E-state index contributed by atoms with van der Waals surface area (Å²) in [5, 5.41) is 6.62. The van der Waals surface area contributed by atoms with Gasteiger partial charge in [0.15, 0.2) is 5.76 Å². The van der Waals surface area contributed by atoms with E-state index >= 15 is 0 Å². The molecule has 2 aromatic heterocycles. The summed E-state index contributed by atoms with van der Waals surface area (Å²) in [6.07, 6.45) is 3.55. The first-order valence-electron chi connectivity index (χ1n) is 12.5. The third kappa shape index (κ3) is 6.03. The Morgan fingerprint density at radius 1 is 1.05 bits per heavy atom. The second kappa shape index (κ2) is 10.9. The van der Waals surface area contributed by atoms with Gasteiger partial charge in [0.25, 0.3) is 5.91 Å². The summed E-state index contributed by atoms with van der Waals surface area (Å²) < 4.78 is 18.9. The number of furan rings is 1. The number of hydrogen-bond donors (Lipinski definition) is 2. The third-order valence-corrected chi connectivity index (χ3v) is 6.78. The van der Waals surface area contributed by atoms with Gasteiger partial charge in [-0.25, -0.2) is 4.98 Å². The first kappa shape index (κ1) is 24.6. The van der Waals surface area contributed by atoms with Crippen LogP contribution in [0, 0.1) is 5.95 Å². The maximum absolute atomic E-state index is 13.1. The molecule has 0 radical (unpaired) electrons. The number of nitrogens with zero attached hydrogens (tertiary/aromatic N) is 2. The molecule has 3 heterocycles. The molecule has 7 nitrogen and oxygen atoms in total. The number of rotatable bonds is 7. The van der Waals surface area contributed by atoms with Crippen LogP contribution in [-0.4, -0.2) is 47.9 Å². The van der Waals surface area contributed by atoms with Crippen molar-refractivity contribution in [2.45, 2.75) is 25.7 Å². The van der Waals surface area contributed by atoms with Gasteiger partial charge in [-0.15, -0.1) is 0 Å². The summed E-state index contributed by atoms with van der Waals surface area (Å²) in [4.78, 5) is 30.1. The topological polar surface area (TPSA) is 87.5 Å².